The topological polar surface area (TPSA) is 92.1 Å². The van der Waals surface area contributed by atoms with Gasteiger partial charge in [-0.2, -0.15) is 5.10 Å². The number of H-pyrrole nitrogens is 1. The van der Waals surface area contributed by atoms with Crippen LogP contribution in [0.4, 0.5) is 4.39 Å². The lowest BCUT2D eigenvalue weighted by molar-refractivity contribution is -0.143. The predicted octanol–water partition coefficient (Wildman–Crippen LogP) is 2.19. The zero-order chi connectivity index (χ0) is 18.3. The van der Waals surface area contributed by atoms with Gasteiger partial charge < -0.3 is 10.6 Å². The summed E-state index contributed by atoms with van der Waals surface area (Å²) in [6, 6.07) is 6.46. The van der Waals surface area contributed by atoms with Crippen LogP contribution in [0.2, 0.25) is 0 Å². The predicted molar refractivity (Wildman–Crippen MR) is 93.4 cm³/mol. The molecule has 0 radical (unpaired) electrons. The van der Waals surface area contributed by atoms with Crippen LogP contribution >= 0.6 is 0 Å². The minimum Gasteiger partial charge on any atom is -0.369 e. The maximum absolute atomic E-state index is 13.5. The number of hydrogen-bond acceptors (Lipinski definition) is 3. The average Bonchev–Trinajstić information content (AvgIpc) is 3.32. The maximum Gasteiger partial charge on any atom is 0.238 e. The van der Waals surface area contributed by atoms with E-state index in [9.17, 15) is 14.0 Å². The number of benzene rings is 1. The molecule has 136 valence electrons. The van der Waals surface area contributed by atoms with E-state index in [0.717, 1.165) is 29.7 Å². The van der Waals surface area contributed by atoms with E-state index >= 15 is 0 Å². The first-order valence-corrected chi connectivity index (χ1v) is 8.90. The van der Waals surface area contributed by atoms with Crippen LogP contribution in [0.5, 0.6) is 0 Å². The first-order chi connectivity index (χ1) is 12.5. The number of carbonyl (C=O) groups is 2. The molecule has 1 saturated carbocycles. The number of hydrogen-bond donors (Lipinski definition) is 2. The van der Waals surface area contributed by atoms with Gasteiger partial charge in [-0.15, -0.1) is 0 Å². The van der Waals surface area contributed by atoms with Crippen molar-refractivity contribution in [2.24, 2.45) is 11.1 Å². The Labute approximate surface area is 150 Å². The van der Waals surface area contributed by atoms with Crippen LogP contribution in [0.1, 0.15) is 37.3 Å². The summed E-state index contributed by atoms with van der Waals surface area (Å²) in [6.07, 6.45) is 4.38. The van der Waals surface area contributed by atoms with Crippen molar-refractivity contribution in [1.82, 2.24) is 15.1 Å². The molecule has 1 aliphatic heterocycles. The Morgan fingerprint density at radius 1 is 1.27 bits per heavy atom. The quantitative estimate of drug-likeness (QED) is 0.823. The highest BCUT2D eigenvalue weighted by atomic mass is 19.1. The Hall–Kier alpha value is -2.70. The van der Waals surface area contributed by atoms with Gasteiger partial charge in [0.15, 0.2) is 0 Å². The Morgan fingerprint density at radius 3 is 2.62 bits per heavy atom. The summed E-state index contributed by atoms with van der Waals surface area (Å²) in [5.74, 6) is -0.704. The normalized spacial score (nSPS) is 19.3. The summed E-state index contributed by atoms with van der Waals surface area (Å²) in [4.78, 5) is 25.9. The summed E-state index contributed by atoms with van der Waals surface area (Å²) in [7, 11) is 0. The average molecular weight is 356 g/mol. The van der Waals surface area contributed by atoms with E-state index in [1.54, 1.807) is 17.2 Å². The number of likely N-dealkylation sites (tertiary alicyclic amines) is 1. The van der Waals surface area contributed by atoms with Crippen molar-refractivity contribution in [2.75, 3.05) is 13.1 Å². The van der Waals surface area contributed by atoms with Gasteiger partial charge in [-0.25, -0.2) is 4.39 Å². The van der Waals surface area contributed by atoms with E-state index in [0.29, 0.717) is 25.9 Å². The lowest BCUT2D eigenvalue weighted by atomic mass is 9.89. The van der Waals surface area contributed by atoms with Crippen molar-refractivity contribution in [3.63, 3.8) is 0 Å². The number of halogens is 1. The number of aromatic amines is 1. The Morgan fingerprint density at radius 2 is 2.00 bits per heavy atom. The van der Waals surface area contributed by atoms with Crippen molar-refractivity contribution >= 4 is 11.8 Å². The van der Waals surface area contributed by atoms with Crippen LogP contribution < -0.4 is 5.73 Å². The zero-order valence-corrected chi connectivity index (χ0v) is 14.4. The number of nitrogens with one attached hydrogen (secondary N) is 1. The molecule has 2 aliphatic rings. The van der Waals surface area contributed by atoms with Gasteiger partial charge in [-0.1, -0.05) is 12.1 Å². The van der Waals surface area contributed by atoms with E-state index in [1.165, 1.54) is 12.1 Å². The zero-order valence-electron chi connectivity index (χ0n) is 14.4. The molecule has 1 aliphatic carbocycles. The van der Waals surface area contributed by atoms with Crippen LogP contribution in [0.3, 0.4) is 0 Å². The molecular formula is C19H21FN4O2. The second-order valence-corrected chi connectivity index (χ2v) is 7.22. The van der Waals surface area contributed by atoms with E-state index in [-0.39, 0.29) is 17.6 Å². The molecule has 26 heavy (non-hydrogen) atoms. The number of nitrogens with two attached hydrogens (primary N) is 1. The lowest BCUT2D eigenvalue weighted by Crippen LogP contribution is -2.46. The third kappa shape index (κ3) is 2.77. The Bertz CT molecular complexity index is 851. The molecule has 2 fully saturated rings. The van der Waals surface area contributed by atoms with Gasteiger partial charge in [0.25, 0.3) is 0 Å². The SMILES string of the molecule is NC(=O)C1(C(=O)N2CCC(c3[nH]ncc3-c3cccc(F)c3)CC2)CC1. The molecule has 2 heterocycles. The molecule has 2 aromatic rings. The van der Waals surface area contributed by atoms with Gasteiger partial charge in [0.2, 0.25) is 11.8 Å². The molecule has 6 nitrogen and oxygen atoms in total. The van der Waals surface area contributed by atoms with E-state index in [2.05, 4.69) is 10.2 Å². The fourth-order valence-corrected chi connectivity index (χ4v) is 3.86. The third-order valence-corrected chi connectivity index (χ3v) is 5.63. The van der Waals surface area contributed by atoms with Crippen molar-refractivity contribution in [3.05, 3.63) is 42.0 Å². The Kier molecular flexibility index (Phi) is 4.01. The van der Waals surface area contributed by atoms with Crippen molar-refractivity contribution in [3.8, 4) is 11.1 Å². The first kappa shape index (κ1) is 16.8. The number of carbonyl (C=O) groups excluding carboxylic acids is 2. The Balaban J connectivity index is 1.47. The van der Waals surface area contributed by atoms with Gasteiger partial charge in [0, 0.05) is 30.3 Å². The molecule has 2 amide bonds. The second-order valence-electron chi connectivity index (χ2n) is 7.22. The number of primary amides is 1. The number of aromatic nitrogens is 2. The van der Waals surface area contributed by atoms with Crippen LogP contribution in [0.25, 0.3) is 11.1 Å². The van der Waals surface area contributed by atoms with Crippen LogP contribution in [0.15, 0.2) is 30.5 Å². The fourth-order valence-electron chi connectivity index (χ4n) is 3.86. The van der Waals surface area contributed by atoms with Gasteiger partial charge in [0.05, 0.1) is 6.20 Å². The summed E-state index contributed by atoms with van der Waals surface area (Å²) >= 11 is 0. The highest BCUT2D eigenvalue weighted by Gasteiger charge is 2.57. The molecule has 0 spiro atoms. The number of piperidine rings is 1. The maximum atomic E-state index is 13.5. The summed E-state index contributed by atoms with van der Waals surface area (Å²) < 4.78 is 13.5. The molecule has 1 saturated heterocycles. The van der Waals surface area contributed by atoms with Crippen molar-refractivity contribution in [2.45, 2.75) is 31.6 Å². The fraction of sp³-hybridized carbons (Fsp3) is 0.421. The smallest absolute Gasteiger partial charge is 0.238 e. The summed E-state index contributed by atoms with van der Waals surface area (Å²) in [5.41, 5.74) is 7.11. The second kappa shape index (κ2) is 6.23. The minimum atomic E-state index is -0.951. The van der Waals surface area contributed by atoms with Gasteiger partial charge in [-0.05, 0) is 43.4 Å². The van der Waals surface area contributed by atoms with Crippen molar-refractivity contribution in [1.29, 1.82) is 0 Å². The highest BCUT2D eigenvalue weighted by molar-refractivity contribution is 6.07. The molecule has 3 N–H and O–H groups in total. The number of nitrogens with zero attached hydrogens (tertiary/aromatic N) is 2. The van der Waals surface area contributed by atoms with E-state index in [4.69, 9.17) is 5.73 Å². The summed E-state index contributed by atoms with van der Waals surface area (Å²) in [5, 5.41) is 7.19. The van der Waals surface area contributed by atoms with Gasteiger partial charge in [-0.3, -0.25) is 14.7 Å². The molecule has 1 aromatic carbocycles. The standard InChI is InChI=1S/C19H21FN4O2/c20-14-3-1-2-13(10-14)15-11-22-23-16(15)12-4-8-24(9-5-12)18(26)19(6-7-19)17(21)25/h1-3,10-12H,4-9H2,(H2,21,25)(H,22,23). The van der Waals surface area contributed by atoms with Gasteiger partial charge >= 0.3 is 0 Å². The molecule has 0 bridgehead atoms. The number of rotatable bonds is 4. The molecule has 1 aromatic heterocycles. The third-order valence-electron chi connectivity index (χ3n) is 5.63. The van der Waals surface area contributed by atoms with Crippen molar-refractivity contribution < 1.29 is 14.0 Å². The highest BCUT2D eigenvalue weighted by Crippen LogP contribution is 2.47. The molecule has 0 atom stereocenters. The van der Waals surface area contributed by atoms with Crippen LogP contribution in [-0.4, -0.2) is 40.0 Å². The van der Waals surface area contributed by atoms with Crippen LogP contribution in [0, 0.1) is 11.2 Å². The van der Waals surface area contributed by atoms with E-state index in [1.807, 2.05) is 6.07 Å². The first-order valence-electron chi connectivity index (χ1n) is 8.90. The lowest BCUT2D eigenvalue weighted by Gasteiger charge is -2.33. The largest absolute Gasteiger partial charge is 0.369 e. The molecule has 4 rings (SSSR count). The molecule has 0 unspecified atom stereocenters. The molecular weight excluding hydrogens is 335 g/mol. The minimum absolute atomic E-state index is 0.126. The van der Waals surface area contributed by atoms with Gasteiger partial charge in [0.1, 0.15) is 11.2 Å². The molecule has 7 heteroatoms. The monoisotopic (exact) mass is 356 g/mol. The number of amides is 2. The van der Waals surface area contributed by atoms with Crippen LogP contribution in [-0.2, 0) is 9.59 Å². The summed E-state index contributed by atoms with van der Waals surface area (Å²) in [6.45, 7) is 1.17. The van der Waals surface area contributed by atoms with E-state index < -0.39 is 11.3 Å².